The summed E-state index contributed by atoms with van der Waals surface area (Å²) in [5.74, 6) is 0.478. The number of thiophene rings is 1. The summed E-state index contributed by atoms with van der Waals surface area (Å²) in [5.41, 5.74) is 0. The Kier molecular flexibility index (Phi) is 5.82. The highest BCUT2D eigenvalue weighted by molar-refractivity contribution is 7.18. The van der Waals surface area contributed by atoms with Crippen molar-refractivity contribution in [2.24, 2.45) is 0 Å². The predicted molar refractivity (Wildman–Crippen MR) is 122 cm³/mol. The molecule has 182 valence electrons. The maximum atomic E-state index is 13.2. The third-order valence-corrected chi connectivity index (χ3v) is 7.28. The first kappa shape index (κ1) is 22.8. The molecular weight excluding hydrogens is 469 g/mol. The van der Waals surface area contributed by atoms with E-state index in [0.29, 0.717) is 31.4 Å². The first-order valence-electron chi connectivity index (χ1n) is 11.3. The molecule has 34 heavy (non-hydrogen) atoms. The summed E-state index contributed by atoms with van der Waals surface area (Å²) >= 11 is 1.61. The van der Waals surface area contributed by atoms with Crippen molar-refractivity contribution in [1.82, 2.24) is 29.6 Å². The standard InChI is InChI=1S/C21H25F3N8OS/c1-3-4-14-9-15-17(31-7-8-32-16(11-31)28-29-19(32)21(22,23)24)26-20(27-18(15)34-14)25-13-5-6-30(10-13)12(2)33/h9,13H,3-8,10-11H2,1-2H3,(H,25,26,27)/t13-/m1/s1. The molecule has 0 saturated carbocycles. The summed E-state index contributed by atoms with van der Waals surface area (Å²) in [6, 6.07) is 2.12. The zero-order chi connectivity index (χ0) is 24.0. The van der Waals surface area contributed by atoms with E-state index in [1.54, 1.807) is 23.2 Å². The topological polar surface area (TPSA) is 92.1 Å². The maximum Gasteiger partial charge on any atom is 0.451 e. The van der Waals surface area contributed by atoms with Crippen molar-refractivity contribution < 1.29 is 18.0 Å². The quantitative estimate of drug-likeness (QED) is 0.582. The normalized spacial score (nSPS) is 18.6. The third kappa shape index (κ3) is 4.28. The smallest absolute Gasteiger partial charge is 0.350 e. The Bertz CT molecular complexity index is 1220. The lowest BCUT2D eigenvalue weighted by molar-refractivity contribution is -0.147. The van der Waals surface area contributed by atoms with Gasteiger partial charge in [0.15, 0.2) is 5.82 Å². The van der Waals surface area contributed by atoms with Crippen LogP contribution in [0.25, 0.3) is 10.2 Å². The van der Waals surface area contributed by atoms with Gasteiger partial charge in [-0.1, -0.05) is 13.3 Å². The van der Waals surface area contributed by atoms with E-state index >= 15 is 0 Å². The molecule has 13 heteroatoms. The largest absolute Gasteiger partial charge is 0.451 e. The van der Waals surface area contributed by atoms with E-state index in [1.165, 1.54) is 4.88 Å². The molecule has 0 aromatic carbocycles. The van der Waals surface area contributed by atoms with Gasteiger partial charge >= 0.3 is 6.18 Å². The highest BCUT2D eigenvalue weighted by Crippen LogP contribution is 2.35. The lowest BCUT2D eigenvalue weighted by atomic mass is 10.2. The van der Waals surface area contributed by atoms with Gasteiger partial charge in [-0.05, 0) is 18.9 Å². The second-order valence-corrected chi connectivity index (χ2v) is 9.77. The third-order valence-electron chi connectivity index (χ3n) is 6.19. The fraction of sp³-hybridized carbons (Fsp3) is 0.571. The highest BCUT2D eigenvalue weighted by atomic mass is 32.1. The van der Waals surface area contributed by atoms with Crippen LogP contribution in [-0.2, 0) is 30.5 Å². The number of aryl methyl sites for hydroxylation is 1. The molecule has 0 radical (unpaired) electrons. The number of fused-ring (bicyclic) bond motifs is 2. The van der Waals surface area contributed by atoms with Gasteiger partial charge in [0.2, 0.25) is 17.7 Å². The zero-order valence-electron chi connectivity index (χ0n) is 18.9. The molecule has 0 unspecified atom stereocenters. The monoisotopic (exact) mass is 494 g/mol. The number of carbonyl (C=O) groups excluding carboxylic acids is 1. The van der Waals surface area contributed by atoms with Crippen molar-refractivity contribution in [3.63, 3.8) is 0 Å². The molecule has 1 fully saturated rings. The molecule has 2 aliphatic heterocycles. The number of hydrogen-bond acceptors (Lipinski definition) is 8. The molecule has 5 rings (SSSR count). The van der Waals surface area contributed by atoms with Gasteiger partial charge in [0.05, 0.1) is 11.9 Å². The Morgan fingerprint density at radius 2 is 2.06 bits per heavy atom. The van der Waals surface area contributed by atoms with Crippen LogP contribution >= 0.6 is 11.3 Å². The van der Waals surface area contributed by atoms with Crippen LogP contribution in [0.1, 0.15) is 43.2 Å². The minimum absolute atomic E-state index is 0.0412. The summed E-state index contributed by atoms with van der Waals surface area (Å²) in [4.78, 5) is 27.0. The summed E-state index contributed by atoms with van der Waals surface area (Å²) < 4.78 is 40.9. The van der Waals surface area contributed by atoms with Crippen molar-refractivity contribution in [3.8, 4) is 0 Å². The molecule has 3 aromatic heterocycles. The second kappa shape index (κ2) is 8.67. The molecule has 0 aliphatic carbocycles. The number of aromatic nitrogens is 5. The number of rotatable bonds is 5. The molecule has 3 aromatic rings. The summed E-state index contributed by atoms with van der Waals surface area (Å²) in [5, 5.41) is 11.4. The number of hydrogen-bond donors (Lipinski definition) is 1. The van der Waals surface area contributed by atoms with Crippen LogP contribution in [0.3, 0.4) is 0 Å². The summed E-state index contributed by atoms with van der Waals surface area (Å²) in [7, 11) is 0. The van der Waals surface area contributed by atoms with Gasteiger partial charge in [0.1, 0.15) is 10.6 Å². The number of nitrogens with zero attached hydrogens (tertiary/aromatic N) is 7. The van der Waals surface area contributed by atoms with Crippen LogP contribution in [-0.4, -0.2) is 61.2 Å². The van der Waals surface area contributed by atoms with E-state index in [4.69, 9.17) is 9.97 Å². The number of amides is 1. The van der Waals surface area contributed by atoms with E-state index in [2.05, 4.69) is 28.5 Å². The number of anilines is 2. The first-order chi connectivity index (χ1) is 16.2. The number of carbonyl (C=O) groups is 1. The zero-order valence-corrected chi connectivity index (χ0v) is 19.7. The average molecular weight is 495 g/mol. The summed E-state index contributed by atoms with van der Waals surface area (Å²) in [6.45, 7) is 5.59. The average Bonchev–Trinajstić information content (AvgIpc) is 3.50. The van der Waals surface area contributed by atoms with E-state index in [-0.39, 0.29) is 30.9 Å². The maximum absolute atomic E-state index is 13.2. The fourth-order valence-corrected chi connectivity index (χ4v) is 5.65. The van der Waals surface area contributed by atoms with Crippen molar-refractivity contribution in [2.75, 3.05) is 29.9 Å². The van der Waals surface area contributed by atoms with E-state index in [0.717, 1.165) is 34.0 Å². The Hall–Kier alpha value is -2.96. The Balaban J connectivity index is 1.47. The van der Waals surface area contributed by atoms with Crippen molar-refractivity contribution in [3.05, 3.63) is 22.6 Å². The molecule has 1 N–H and O–H groups in total. The van der Waals surface area contributed by atoms with E-state index in [1.807, 2.05) is 4.90 Å². The number of nitrogens with one attached hydrogen (secondary N) is 1. The van der Waals surface area contributed by atoms with Crippen LogP contribution in [0, 0.1) is 0 Å². The van der Waals surface area contributed by atoms with Gasteiger partial charge in [-0.25, -0.2) is 4.98 Å². The number of alkyl halides is 3. The van der Waals surface area contributed by atoms with Crippen molar-refractivity contribution in [2.45, 2.75) is 58.4 Å². The Labute approximate surface area is 198 Å². The predicted octanol–water partition coefficient (Wildman–Crippen LogP) is 3.31. The van der Waals surface area contributed by atoms with Gasteiger partial charge in [0.25, 0.3) is 0 Å². The minimum Gasteiger partial charge on any atom is -0.350 e. The molecule has 5 heterocycles. The van der Waals surface area contributed by atoms with Crippen LogP contribution in [0.2, 0.25) is 0 Å². The SMILES string of the molecule is CCCc1cc2c(N3CCn4c(nnc4C(F)(F)F)C3)nc(N[C@@H]3CCN(C(C)=O)C3)nc2s1. The molecule has 0 bridgehead atoms. The fourth-order valence-electron chi connectivity index (χ4n) is 4.53. The molecule has 2 aliphatic rings. The van der Waals surface area contributed by atoms with Crippen molar-refractivity contribution in [1.29, 1.82) is 0 Å². The molecule has 9 nitrogen and oxygen atoms in total. The minimum atomic E-state index is -4.54. The molecular formula is C21H25F3N8OS. The van der Waals surface area contributed by atoms with Gasteiger partial charge in [-0.3, -0.25) is 4.79 Å². The van der Waals surface area contributed by atoms with E-state index in [9.17, 15) is 18.0 Å². The van der Waals surface area contributed by atoms with Crippen molar-refractivity contribution >= 4 is 39.2 Å². The van der Waals surface area contributed by atoms with E-state index < -0.39 is 12.0 Å². The first-order valence-corrected chi connectivity index (χ1v) is 12.1. The molecule has 1 atom stereocenters. The number of halogens is 3. The molecule has 0 spiro atoms. The van der Waals surface area contributed by atoms with Crippen LogP contribution in [0.4, 0.5) is 24.9 Å². The second-order valence-electron chi connectivity index (χ2n) is 8.66. The Morgan fingerprint density at radius 3 is 2.76 bits per heavy atom. The van der Waals surface area contributed by atoms with Gasteiger partial charge in [-0.15, -0.1) is 21.5 Å². The van der Waals surface area contributed by atoms with Crippen LogP contribution in [0.5, 0.6) is 0 Å². The molecule has 1 saturated heterocycles. The Morgan fingerprint density at radius 1 is 1.24 bits per heavy atom. The highest BCUT2D eigenvalue weighted by Gasteiger charge is 2.40. The van der Waals surface area contributed by atoms with Gasteiger partial charge in [0, 0.05) is 44.0 Å². The van der Waals surface area contributed by atoms with Crippen LogP contribution < -0.4 is 10.2 Å². The lowest BCUT2D eigenvalue weighted by Crippen LogP contribution is -2.36. The van der Waals surface area contributed by atoms with Gasteiger partial charge in [-0.2, -0.15) is 18.2 Å². The lowest BCUT2D eigenvalue weighted by Gasteiger charge is -2.29. The summed E-state index contributed by atoms with van der Waals surface area (Å²) in [6.07, 6.45) is -1.82. The number of likely N-dealkylation sites (tertiary alicyclic amines) is 1. The van der Waals surface area contributed by atoms with Crippen LogP contribution in [0.15, 0.2) is 6.07 Å². The molecule has 1 amide bonds. The van der Waals surface area contributed by atoms with Gasteiger partial charge < -0.3 is 19.7 Å².